The number of rotatable bonds is 12. The molecule has 0 spiro atoms. The number of hydrogen-bond acceptors (Lipinski definition) is 2. The zero-order valence-electron chi connectivity index (χ0n) is 11.6. The van der Waals surface area contributed by atoms with Gasteiger partial charge in [-0.2, -0.15) is 0 Å². The van der Waals surface area contributed by atoms with Crippen LogP contribution in [0.4, 0.5) is 0 Å². The van der Waals surface area contributed by atoms with E-state index in [-0.39, 0.29) is 6.42 Å². The van der Waals surface area contributed by atoms with Crippen molar-refractivity contribution < 1.29 is 15.0 Å². The second-order valence-corrected chi connectivity index (χ2v) is 4.61. The number of carboxylic acids is 1. The van der Waals surface area contributed by atoms with Crippen LogP contribution >= 0.6 is 0 Å². The molecule has 0 aliphatic heterocycles. The van der Waals surface area contributed by atoms with E-state index < -0.39 is 12.1 Å². The van der Waals surface area contributed by atoms with Crippen LogP contribution in [-0.2, 0) is 4.79 Å². The van der Waals surface area contributed by atoms with Gasteiger partial charge in [-0.1, -0.05) is 49.6 Å². The van der Waals surface area contributed by atoms with Crippen LogP contribution in [0.15, 0.2) is 37.0 Å². The fraction of sp³-hybridized carbons (Fsp3) is 0.562. The first-order valence-electron chi connectivity index (χ1n) is 7.01. The maximum absolute atomic E-state index is 10.3. The van der Waals surface area contributed by atoms with Crippen molar-refractivity contribution in [2.45, 2.75) is 57.5 Å². The van der Waals surface area contributed by atoms with Gasteiger partial charge in [0, 0.05) is 0 Å². The lowest BCUT2D eigenvalue weighted by molar-refractivity contribution is -0.138. The third-order valence-electron chi connectivity index (χ3n) is 2.74. The lowest BCUT2D eigenvalue weighted by atomic mass is 10.1. The first-order chi connectivity index (χ1) is 9.16. The number of unbranched alkanes of at least 4 members (excludes halogenated alkanes) is 6. The Balaban J connectivity index is 3.40. The molecule has 108 valence electrons. The van der Waals surface area contributed by atoms with Gasteiger partial charge in [-0.15, -0.1) is 6.58 Å². The highest BCUT2D eigenvalue weighted by Gasteiger charge is 2.03. The maximum Gasteiger partial charge on any atom is 0.306 e. The molecule has 0 aromatic rings. The second-order valence-electron chi connectivity index (χ2n) is 4.61. The van der Waals surface area contributed by atoms with Crippen LogP contribution in [-0.4, -0.2) is 22.3 Å². The number of carboxylic acid groups (broad SMARTS) is 1. The van der Waals surface area contributed by atoms with E-state index in [4.69, 9.17) is 5.11 Å². The molecule has 0 saturated carbocycles. The molecule has 0 aliphatic carbocycles. The predicted octanol–water partition coefficient (Wildman–Crippen LogP) is 3.85. The summed E-state index contributed by atoms with van der Waals surface area (Å²) in [4.78, 5) is 10.3. The molecule has 0 fully saturated rings. The van der Waals surface area contributed by atoms with Crippen molar-refractivity contribution in [1.82, 2.24) is 0 Å². The van der Waals surface area contributed by atoms with Crippen molar-refractivity contribution in [3.8, 4) is 0 Å². The summed E-state index contributed by atoms with van der Waals surface area (Å²) < 4.78 is 0. The average Bonchev–Trinajstić information content (AvgIpc) is 2.35. The molecule has 3 nitrogen and oxygen atoms in total. The number of aliphatic carboxylic acids is 1. The first kappa shape index (κ1) is 17.6. The van der Waals surface area contributed by atoms with E-state index in [1.807, 2.05) is 18.2 Å². The van der Waals surface area contributed by atoms with Gasteiger partial charge in [-0.25, -0.2) is 0 Å². The molecule has 0 radical (unpaired) electrons. The van der Waals surface area contributed by atoms with Gasteiger partial charge >= 0.3 is 5.97 Å². The van der Waals surface area contributed by atoms with E-state index in [9.17, 15) is 9.90 Å². The minimum atomic E-state index is -0.988. The number of carbonyl (C=O) groups is 1. The Labute approximate surface area is 116 Å². The van der Waals surface area contributed by atoms with Crippen LogP contribution in [0.2, 0.25) is 0 Å². The molecule has 0 heterocycles. The van der Waals surface area contributed by atoms with Crippen molar-refractivity contribution in [3.63, 3.8) is 0 Å². The van der Waals surface area contributed by atoms with Gasteiger partial charge in [-0.05, 0) is 25.7 Å². The fourth-order valence-electron chi connectivity index (χ4n) is 1.70. The molecule has 3 heteroatoms. The number of allylic oxidation sites excluding steroid dienone is 4. The molecule has 2 N–H and O–H groups in total. The molecule has 19 heavy (non-hydrogen) atoms. The molecule has 1 unspecified atom stereocenters. The van der Waals surface area contributed by atoms with Crippen molar-refractivity contribution in [2.75, 3.05) is 0 Å². The number of aliphatic hydroxyl groups is 1. The fourth-order valence-corrected chi connectivity index (χ4v) is 1.70. The third kappa shape index (κ3) is 14.6. The lowest BCUT2D eigenvalue weighted by Crippen LogP contribution is -2.09. The second kappa shape index (κ2) is 13.1. The van der Waals surface area contributed by atoms with Crippen LogP contribution in [0.5, 0.6) is 0 Å². The number of hydrogen-bond donors (Lipinski definition) is 2. The highest BCUT2D eigenvalue weighted by atomic mass is 16.4. The molecule has 0 aromatic carbocycles. The van der Waals surface area contributed by atoms with Gasteiger partial charge in [0.2, 0.25) is 0 Å². The van der Waals surface area contributed by atoms with E-state index in [0.717, 1.165) is 12.8 Å². The van der Waals surface area contributed by atoms with Gasteiger partial charge in [0.25, 0.3) is 0 Å². The summed E-state index contributed by atoms with van der Waals surface area (Å²) in [7, 11) is 0. The Bertz CT molecular complexity index is 292. The van der Waals surface area contributed by atoms with Crippen molar-refractivity contribution in [1.29, 1.82) is 0 Å². The maximum atomic E-state index is 10.3. The summed E-state index contributed by atoms with van der Waals surface area (Å²) in [6.45, 7) is 3.70. The summed E-state index contributed by atoms with van der Waals surface area (Å²) in [6, 6.07) is 0. The summed E-state index contributed by atoms with van der Waals surface area (Å²) in [5.74, 6) is -0.988. The monoisotopic (exact) mass is 266 g/mol. The van der Waals surface area contributed by atoms with Crippen LogP contribution in [0.3, 0.4) is 0 Å². The van der Waals surface area contributed by atoms with Crippen LogP contribution in [0, 0.1) is 0 Å². The van der Waals surface area contributed by atoms with E-state index in [1.165, 1.54) is 38.2 Å². The Morgan fingerprint density at radius 1 is 1.05 bits per heavy atom. The minimum Gasteiger partial charge on any atom is -0.481 e. The van der Waals surface area contributed by atoms with E-state index in [0.29, 0.717) is 0 Å². The van der Waals surface area contributed by atoms with Crippen LogP contribution in [0.1, 0.15) is 51.4 Å². The minimum absolute atomic E-state index is 0.241. The molecule has 0 aromatic heterocycles. The summed E-state index contributed by atoms with van der Waals surface area (Å²) >= 11 is 0. The Hall–Kier alpha value is -1.35. The zero-order valence-corrected chi connectivity index (χ0v) is 11.6. The van der Waals surface area contributed by atoms with Crippen molar-refractivity contribution >= 4 is 5.97 Å². The summed E-state index contributed by atoms with van der Waals surface area (Å²) in [5, 5.41) is 17.7. The molecule has 0 rings (SSSR count). The highest BCUT2D eigenvalue weighted by molar-refractivity contribution is 5.67. The third-order valence-corrected chi connectivity index (χ3v) is 2.74. The van der Waals surface area contributed by atoms with E-state index in [2.05, 4.69) is 6.58 Å². The Kier molecular flexibility index (Phi) is 12.2. The van der Waals surface area contributed by atoms with Gasteiger partial charge in [0.05, 0.1) is 12.5 Å². The molecular formula is C16H26O3. The summed E-state index contributed by atoms with van der Waals surface area (Å²) in [5.41, 5.74) is 0. The SMILES string of the molecule is C=CCCCCCCC/C=C\C=C\C(O)CC(=O)O. The van der Waals surface area contributed by atoms with E-state index in [1.54, 1.807) is 6.08 Å². The molecule has 0 amide bonds. The average molecular weight is 266 g/mol. The van der Waals surface area contributed by atoms with E-state index >= 15 is 0 Å². The van der Waals surface area contributed by atoms with Gasteiger partial charge < -0.3 is 10.2 Å². The van der Waals surface area contributed by atoms with Gasteiger partial charge in [0.1, 0.15) is 0 Å². The Morgan fingerprint density at radius 2 is 1.68 bits per heavy atom. The molecule has 0 bridgehead atoms. The predicted molar refractivity (Wildman–Crippen MR) is 79.1 cm³/mol. The first-order valence-corrected chi connectivity index (χ1v) is 7.01. The Morgan fingerprint density at radius 3 is 2.32 bits per heavy atom. The smallest absolute Gasteiger partial charge is 0.306 e. The normalized spacial score (nSPS) is 13.1. The van der Waals surface area contributed by atoms with Gasteiger partial charge in [-0.3, -0.25) is 4.79 Å². The van der Waals surface area contributed by atoms with Crippen LogP contribution in [0.25, 0.3) is 0 Å². The molecule has 0 saturated heterocycles. The highest BCUT2D eigenvalue weighted by Crippen LogP contribution is 2.07. The number of aliphatic hydroxyl groups excluding tert-OH is 1. The van der Waals surface area contributed by atoms with Gasteiger partial charge in [0.15, 0.2) is 0 Å². The molecule has 0 aliphatic rings. The largest absolute Gasteiger partial charge is 0.481 e. The zero-order chi connectivity index (χ0) is 14.3. The van der Waals surface area contributed by atoms with Crippen molar-refractivity contribution in [2.24, 2.45) is 0 Å². The topological polar surface area (TPSA) is 57.5 Å². The standard InChI is InChI=1S/C16H26O3/c1-2-3-4-5-6-7-8-9-10-11-12-13-15(17)14-16(18)19/h2,10-13,15,17H,1,3-9,14H2,(H,18,19)/b11-10-,13-12+. The molecule has 1 atom stereocenters. The van der Waals surface area contributed by atoms with Crippen LogP contribution < -0.4 is 0 Å². The molecular weight excluding hydrogens is 240 g/mol. The van der Waals surface area contributed by atoms with Crippen molar-refractivity contribution in [3.05, 3.63) is 37.0 Å². The quantitative estimate of drug-likeness (QED) is 0.320. The summed E-state index contributed by atoms with van der Waals surface area (Å²) in [6.07, 6.45) is 16.3. The lowest BCUT2D eigenvalue weighted by Gasteiger charge is -1.98.